The third kappa shape index (κ3) is 6.03. The molecule has 12 heteroatoms. The Balaban J connectivity index is 1.20. The molecule has 1 aliphatic rings. The van der Waals surface area contributed by atoms with Crippen LogP contribution in [0.2, 0.25) is 10.0 Å². The van der Waals surface area contributed by atoms with E-state index in [4.69, 9.17) is 32.7 Å². The zero-order valence-electron chi connectivity index (χ0n) is 20.0. The SMILES string of the molecule is O=C(C=Cc1cccc(C(F)(F)F)c1F)N1CCC(c2nc(-c3cc(-c4ccc(Cl)c(Cl)c4)no3)cs2)CC1. The van der Waals surface area contributed by atoms with Crippen LogP contribution in [-0.2, 0) is 11.0 Å². The largest absolute Gasteiger partial charge is 0.419 e. The van der Waals surface area contributed by atoms with E-state index in [0.717, 1.165) is 28.8 Å². The first-order chi connectivity index (χ1) is 18.6. The molecule has 0 N–H and O–H groups in total. The molecule has 1 amide bonds. The molecule has 0 saturated carbocycles. The Hall–Kier alpha value is -3.21. The Morgan fingerprint density at radius 3 is 2.56 bits per heavy atom. The van der Waals surface area contributed by atoms with Gasteiger partial charge in [0.15, 0.2) is 5.76 Å². The van der Waals surface area contributed by atoms with Crippen molar-refractivity contribution in [3.8, 4) is 22.7 Å². The normalized spacial score (nSPS) is 14.9. The molecule has 2 aromatic carbocycles. The molecule has 0 aliphatic carbocycles. The first-order valence-corrected chi connectivity index (χ1v) is 13.4. The Kier molecular flexibility index (Phi) is 7.80. The van der Waals surface area contributed by atoms with Gasteiger partial charge in [-0.1, -0.05) is 46.6 Å². The third-order valence-electron chi connectivity index (χ3n) is 6.40. The average Bonchev–Trinajstić information content (AvgIpc) is 3.59. The van der Waals surface area contributed by atoms with Gasteiger partial charge in [0.1, 0.15) is 17.2 Å². The van der Waals surface area contributed by atoms with Gasteiger partial charge in [-0.3, -0.25) is 4.79 Å². The number of amides is 1. The summed E-state index contributed by atoms with van der Waals surface area (Å²) in [4.78, 5) is 18.9. The van der Waals surface area contributed by atoms with E-state index in [1.54, 1.807) is 29.2 Å². The zero-order chi connectivity index (χ0) is 27.7. The molecule has 5 nitrogen and oxygen atoms in total. The number of thiazole rings is 1. The average molecular weight is 596 g/mol. The van der Waals surface area contributed by atoms with Crippen LogP contribution < -0.4 is 0 Å². The molecule has 39 heavy (non-hydrogen) atoms. The summed E-state index contributed by atoms with van der Waals surface area (Å²) < 4.78 is 58.5. The molecule has 3 heterocycles. The third-order valence-corrected chi connectivity index (χ3v) is 8.14. The lowest BCUT2D eigenvalue weighted by Gasteiger charge is -2.30. The minimum atomic E-state index is -4.81. The highest BCUT2D eigenvalue weighted by Gasteiger charge is 2.34. The molecule has 0 bridgehead atoms. The second kappa shape index (κ2) is 11.1. The molecular formula is C27H19Cl2F4N3O2S. The van der Waals surface area contributed by atoms with Crippen LogP contribution in [0, 0.1) is 5.82 Å². The van der Waals surface area contributed by atoms with E-state index >= 15 is 0 Å². The van der Waals surface area contributed by atoms with Crippen molar-refractivity contribution in [2.45, 2.75) is 24.9 Å². The quantitative estimate of drug-likeness (QED) is 0.172. The van der Waals surface area contributed by atoms with E-state index in [1.165, 1.54) is 17.4 Å². The molecule has 5 rings (SSSR count). The predicted molar refractivity (Wildman–Crippen MR) is 142 cm³/mol. The first-order valence-electron chi connectivity index (χ1n) is 11.8. The van der Waals surface area contributed by atoms with Crippen LogP contribution in [0.3, 0.4) is 0 Å². The van der Waals surface area contributed by atoms with E-state index in [9.17, 15) is 22.4 Å². The maximum absolute atomic E-state index is 14.2. The van der Waals surface area contributed by atoms with Gasteiger partial charge in [0.25, 0.3) is 0 Å². The number of nitrogens with zero attached hydrogens (tertiary/aromatic N) is 3. The molecule has 1 aliphatic heterocycles. The summed E-state index contributed by atoms with van der Waals surface area (Å²) in [5, 5.41) is 7.76. The van der Waals surface area contributed by atoms with Crippen molar-refractivity contribution < 1.29 is 26.9 Å². The molecule has 2 aromatic heterocycles. The van der Waals surface area contributed by atoms with Crippen molar-refractivity contribution >= 4 is 46.5 Å². The van der Waals surface area contributed by atoms with E-state index in [-0.39, 0.29) is 17.4 Å². The predicted octanol–water partition coefficient (Wildman–Crippen LogP) is 8.35. The number of likely N-dealkylation sites (tertiary alicyclic amines) is 1. The highest BCUT2D eigenvalue weighted by Crippen LogP contribution is 2.35. The van der Waals surface area contributed by atoms with Crippen LogP contribution in [0.15, 0.2) is 58.4 Å². The van der Waals surface area contributed by atoms with Gasteiger partial charge < -0.3 is 9.42 Å². The number of carbonyl (C=O) groups excluding carboxylic acids is 1. The highest BCUT2D eigenvalue weighted by molar-refractivity contribution is 7.10. The smallest absolute Gasteiger partial charge is 0.354 e. The van der Waals surface area contributed by atoms with Crippen molar-refractivity contribution in [3.05, 3.63) is 85.9 Å². The van der Waals surface area contributed by atoms with E-state index in [0.29, 0.717) is 59.2 Å². The number of benzene rings is 2. The van der Waals surface area contributed by atoms with Gasteiger partial charge in [-0.15, -0.1) is 11.3 Å². The zero-order valence-corrected chi connectivity index (χ0v) is 22.3. The minimum absolute atomic E-state index is 0.134. The van der Waals surface area contributed by atoms with E-state index in [2.05, 4.69) is 5.16 Å². The summed E-state index contributed by atoms with van der Waals surface area (Å²) in [5.74, 6) is -1.14. The number of halogens is 6. The molecule has 0 unspecified atom stereocenters. The number of carbonyl (C=O) groups is 1. The highest BCUT2D eigenvalue weighted by atomic mass is 35.5. The molecule has 1 saturated heterocycles. The maximum atomic E-state index is 14.2. The lowest BCUT2D eigenvalue weighted by molar-refractivity contribution is -0.140. The molecule has 0 spiro atoms. The minimum Gasteiger partial charge on any atom is -0.354 e. The number of alkyl halides is 3. The van der Waals surface area contributed by atoms with Crippen LogP contribution >= 0.6 is 34.5 Å². The standard InChI is InChI=1S/C27H19Cl2F4N3O2S/c28-19-6-4-17(12-20(19)29)21-13-23(38-35-21)22-14-39-26(34-22)16-8-10-36(11-9-16)24(37)7-5-15-2-1-3-18(25(15)30)27(31,32)33/h1-7,12-14,16H,8-11H2. The molecule has 202 valence electrons. The van der Waals surface area contributed by atoms with Crippen molar-refractivity contribution in [2.24, 2.45) is 0 Å². The number of piperidine rings is 1. The summed E-state index contributed by atoms with van der Waals surface area (Å²) >= 11 is 13.6. The van der Waals surface area contributed by atoms with Gasteiger partial charge in [-0.25, -0.2) is 9.37 Å². The lowest BCUT2D eigenvalue weighted by Crippen LogP contribution is -2.36. The second-order valence-electron chi connectivity index (χ2n) is 8.92. The van der Waals surface area contributed by atoms with Gasteiger partial charge in [0.05, 0.1) is 20.6 Å². The second-order valence-corrected chi connectivity index (χ2v) is 10.6. The van der Waals surface area contributed by atoms with Crippen LogP contribution in [0.1, 0.15) is 34.9 Å². The van der Waals surface area contributed by atoms with Gasteiger partial charge in [0, 0.05) is 47.7 Å². The van der Waals surface area contributed by atoms with Crippen molar-refractivity contribution in [2.75, 3.05) is 13.1 Å². The van der Waals surface area contributed by atoms with Crippen molar-refractivity contribution in [3.63, 3.8) is 0 Å². The first kappa shape index (κ1) is 27.4. The summed E-state index contributed by atoms with van der Waals surface area (Å²) in [5.41, 5.74) is 0.355. The Morgan fingerprint density at radius 1 is 1.08 bits per heavy atom. The van der Waals surface area contributed by atoms with Crippen LogP contribution in [0.25, 0.3) is 28.8 Å². The van der Waals surface area contributed by atoms with Gasteiger partial charge in [0.2, 0.25) is 5.91 Å². The molecule has 4 aromatic rings. The monoisotopic (exact) mass is 595 g/mol. The molecule has 0 radical (unpaired) electrons. The summed E-state index contributed by atoms with van der Waals surface area (Å²) in [6.07, 6.45) is -1.30. The van der Waals surface area contributed by atoms with Crippen LogP contribution in [0.5, 0.6) is 0 Å². The fraction of sp³-hybridized carbons (Fsp3) is 0.222. The van der Waals surface area contributed by atoms with Crippen LogP contribution in [-0.4, -0.2) is 34.0 Å². The van der Waals surface area contributed by atoms with Crippen molar-refractivity contribution in [1.29, 1.82) is 0 Å². The Labute approximate surface area is 234 Å². The summed E-state index contributed by atoms with van der Waals surface area (Å²) in [6, 6.07) is 9.94. The maximum Gasteiger partial charge on any atom is 0.419 e. The number of aromatic nitrogens is 2. The fourth-order valence-corrected chi connectivity index (χ4v) is 5.57. The van der Waals surface area contributed by atoms with Crippen molar-refractivity contribution in [1.82, 2.24) is 15.0 Å². The lowest BCUT2D eigenvalue weighted by atomic mass is 9.97. The van der Waals surface area contributed by atoms with Crippen LogP contribution in [0.4, 0.5) is 17.6 Å². The fourth-order valence-electron chi connectivity index (χ4n) is 4.29. The molecule has 1 fully saturated rings. The topological polar surface area (TPSA) is 59.2 Å². The van der Waals surface area contributed by atoms with E-state index < -0.39 is 17.6 Å². The summed E-state index contributed by atoms with van der Waals surface area (Å²) in [6.45, 7) is 0.884. The summed E-state index contributed by atoms with van der Waals surface area (Å²) in [7, 11) is 0. The molecular weight excluding hydrogens is 577 g/mol. The number of rotatable bonds is 5. The van der Waals surface area contributed by atoms with Gasteiger partial charge >= 0.3 is 6.18 Å². The Bertz CT molecular complexity index is 1540. The van der Waals surface area contributed by atoms with Gasteiger partial charge in [-0.2, -0.15) is 13.2 Å². The Morgan fingerprint density at radius 2 is 1.85 bits per heavy atom. The number of hydrogen-bond donors (Lipinski definition) is 0. The molecule has 0 atom stereocenters. The van der Waals surface area contributed by atoms with E-state index in [1.807, 2.05) is 5.38 Å². The van der Waals surface area contributed by atoms with Gasteiger partial charge in [-0.05, 0) is 37.1 Å². The number of hydrogen-bond acceptors (Lipinski definition) is 5.